The maximum Gasteiger partial charge on any atom is 0.225 e. The van der Waals surface area contributed by atoms with Crippen molar-refractivity contribution >= 4 is 33.4 Å². The third-order valence-electron chi connectivity index (χ3n) is 3.44. The van der Waals surface area contributed by atoms with Gasteiger partial charge in [0, 0.05) is 25.4 Å². The van der Waals surface area contributed by atoms with Crippen LogP contribution in [0, 0.1) is 5.41 Å². The highest BCUT2D eigenvalue weighted by atomic mass is 32.1. The number of hydrogen-bond donors (Lipinski definition) is 1. The first-order valence-electron chi connectivity index (χ1n) is 7.64. The van der Waals surface area contributed by atoms with Crippen LogP contribution in [0.3, 0.4) is 0 Å². The van der Waals surface area contributed by atoms with Crippen LogP contribution in [-0.4, -0.2) is 35.3 Å². The summed E-state index contributed by atoms with van der Waals surface area (Å²) in [6.45, 7) is 6.40. The third-order valence-corrected chi connectivity index (χ3v) is 4.46. The molecular formula is C17H23N3O2S. The second kappa shape index (κ2) is 7.08. The van der Waals surface area contributed by atoms with Crippen LogP contribution in [0.4, 0.5) is 0 Å². The second-order valence-corrected chi connectivity index (χ2v) is 7.70. The number of amides is 2. The number of aromatic nitrogens is 1. The van der Waals surface area contributed by atoms with Gasteiger partial charge in [-0.3, -0.25) is 9.59 Å². The Morgan fingerprint density at radius 1 is 1.26 bits per heavy atom. The molecule has 1 N–H and O–H groups in total. The summed E-state index contributed by atoms with van der Waals surface area (Å²) < 4.78 is 1.13. The lowest BCUT2D eigenvalue weighted by atomic mass is 9.96. The van der Waals surface area contributed by atoms with Gasteiger partial charge in [0.2, 0.25) is 11.8 Å². The molecule has 0 radical (unpaired) electrons. The Morgan fingerprint density at radius 2 is 1.96 bits per heavy atom. The molecule has 1 heterocycles. The summed E-state index contributed by atoms with van der Waals surface area (Å²) in [5.41, 5.74) is 0.529. The van der Waals surface area contributed by atoms with Gasteiger partial charge in [-0.05, 0) is 12.1 Å². The van der Waals surface area contributed by atoms with Crippen LogP contribution in [-0.2, 0) is 16.1 Å². The summed E-state index contributed by atoms with van der Waals surface area (Å²) in [4.78, 5) is 30.1. The molecule has 5 nitrogen and oxygen atoms in total. The van der Waals surface area contributed by atoms with Crippen molar-refractivity contribution in [3.63, 3.8) is 0 Å². The first-order valence-corrected chi connectivity index (χ1v) is 8.46. The van der Waals surface area contributed by atoms with Crippen molar-refractivity contribution in [2.75, 3.05) is 13.6 Å². The van der Waals surface area contributed by atoms with E-state index < -0.39 is 5.41 Å². The van der Waals surface area contributed by atoms with Gasteiger partial charge in [-0.15, -0.1) is 11.3 Å². The molecule has 2 amide bonds. The van der Waals surface area contributed by atoms with Gasteiger partial charge < -0.3 is 10.2 Å². The summed E-state index contributed by atoms with van der Waals surface area (Å²) in [5.74, 6) is -0.0439. The van der Waals surface area contributed by atoms with Gasteiger partial charge in [0.1, 0.15) is 5.01 Å². The van der Waals surface area contributed by atoms with Gasteiger partial charge in [0.15, 0.2) is 0 Å². The summed E-state index contributed by atoms with van der Waals surface area (Å²) in [7, 11) is 1.76. The Kier molecular flexibility index (Phi) is 5.36. The largest absolute Gasteiger partial charge is 0.355 e. The lowest BCUT2D eigenvalue weighted by Gasteiger charge is -2.19. The van der Waals surface area contributed by atoms with E-state index in [9.17, 15) is 9.59 Å². The third kappa shape index (κ3) is 4.76. The molecule has 0 spiro atoms. The number of carbonyl (C=O) groups is 2. The van der Waals surface area contributed by atoms with Crippen LogP contribution in [0.15, 0.2) is 24.3 Å². The first kappa shape index (κ1) is 17.4. The van der Waals surface area contributed by atoms with E-state index >= 15 is 0 Å². The Morgan fingerprint density at radius 3 is 2.61 bits per heavy atom. The van der Waals surface area contributed by atoms with Crippen molar-refractivity contribution in [3.05, 3.63) is 29.3 Å². The number of carbonyl (C=O) groups excluding carboxylic acids is 2. The predicted molar refractivity (Wildman–Crippen MR) is 93.2 cm³/mol. The molecule has 0 saturated carbocycles. The zero-order chi connectivity index (χ0) is 17.0. The van der Waals surface area contributed by atoms with E-state index in [4.69, 9.17) is 0 Å². The minimum Gasteiger partial charge on any atom is -0.355 e. The van der Waals surface area contributed by atoms with E-state index in [2.05, 4.69) is 10.3 Å². The average molecular weight is 333 g/mol. The normalized spacial score (nSPS) is 11.5. The first-order chi connectivity index (χ1) is 10.8. The van der Waals surface area contributed by atoms with Gasteiger partial charge in [-0.2, -0.15) is 0 Å². The smallest absolute Gasteiger partial charge is 0.225 e. The Balaban J connectivity index is 1.84. The maximum absolute atomic E-state index is 12.1. The molecule has 0 atom stereocenters. The molecule has 23 heavy (non-hydrogen) atoms. The number of thiazole rings is 1. The molecule has 124 valence electrons. The van der Waals surface area contributed by atoms with Crippen LogP contribution in [0.25, 0.3) is 10.2 Å². The molecule has 0 aliphatic rings. The molecule has 0 unspecified atom stereocenters. The van der Waals surface area contributed by atoms with Crippen molar-refractivity contribution in [2.24, 2.45) is 5.41 Å². The molecular weight excluding hydrogens is 310 g/mol. The number of para-hydroxylation sites is 1. The zero-order valence-electron chi connectivity index (χ0n) is 14.0. The van der Waals surface area contributed by atoms with Gasteiger partial charge in [0.05, 0.1) is 16.8 Å². The minimum absolute atomic E-state index is 0.00142. The lowest BCUT2D eigenvalue weighted by molar-refractivity contribution is -0.131. The van der Waals surface area contributed by atoms with E-state index in [0.717, 1.165) is 15.2 Å². The second-order valence-electron chi connectivity index (χ2n) is 6.58. The van der Waals surface area contributed by atoms with E-state index in [0.29, 0.717) is 19.5 Å². The van der Waals surface area contributed by atoms with Crippen LogP contribution >= 0.6 is 11.3 Å². The topological polar surface area (TPSA) is 62.3 Å². The van der Waals surface area contributed by atoms with Crippen LogP contribution in [0.1, 0.15) is 32.2 Å². The number of rotatable bonds is 5. The molecule has 0 fully saturated rings. The Labute approximate surface area is 140 Å². The van der Waals surface area contributed by atoms with Crippen molar-refractivity contribution in [1.29, 1.82) is 0 Å². The quantitative estimate of drug-likeness (QED) is 0.915. The molecule has 2 aromatic rings. The predicted octanol–water partition coefficient (Wildman–Crippen LogP) is 2.81. The fourth-order valence-electron chi connectivity index (χ4n) is 2.02. The fraction of sp³-hybridized carbons (Fsp3) is 0.471. The number of benzene rings is 1. The van der Waals surface area contributed by atoms with Gasteiger partial charge in [-0.1, -0.05) is 32.9 Å². The van der Waals surface area contributed by atoms with Crippen LogP contribution in [0.2, 0.25) is 0 Å². The van der Waals surface area contributed by atoms with Crippen molar-refractivity contribution in [3.8, 4) is 0 Å². The van der Waals surface area contributed by atoms with Crippen molar-refractivity contribution < 1.29 is 9.59 Å². The Bertz CT molecular complexity index is 670. The van der Waals surface area contributed by atoms with Crippen molar-refractivity contribution in [2.45, 2.75) is 33.7 Å². The maximum atomic E-state index is 12.1. The molecule has 2 rings (SSSR count). The fourth-order valence-corrected chi connectivity index (χ4v) is 3.04. The molecule has 6 heteroatoms. The van der Waals surface area contributed by atoms with Gasteiger partial charge in [-0.25, -0.2) is 4.98 Å². The molecule has 1 aromatic carbocycles. The lowest BCUT2D eigenvalue weighted by Crippen LogP contribution is -2.37. The van der Waals surface area contributed by atoms with Crippen LogP contribution in [0.5, 0.6) is 0 Å². The molecule has 0 saturated heterocycles. The highest BCUT2D eigenvalue weighted by Gasteiger charge is 2.21. The zero-order valence-corrected chi connectivity index (χ0v) is 14.9. The Hall–Kier alpha value is -1.95. The van der Waals surface area contributed by atoms with Gasteiger partial charge in [0.25, 0.3) is 0 Å². The standard InChI is InChI=1S/C17H23N3O2S/c1-17(2,3)16(22)18-10-9-15(21)20(4)11-14-19-12-7-5-6-8-13(12)23-14/h5-8H,9-11H2,1-4H3,(H,18,22). The van der Waals surface area contributed by atoms with E-state index in [-0.39, 0.29) is 11.8 Å². The average Bonchev–Trinajstić information content (AvgIpc) is 2.87. The SMILES string of the molecule is CN(Cc1nc2ccccc2s1)C(=O)CCNC(=O)C(C)(C)C. The minimum atomic E-state index is -0.435. The molecule has 0 bridgehead atoms. The highest BCUT2D eigenvalue weighted by Crippen LogP contribution is 2.22. The molecule has 0 aliphatic carbocycles. The highest BCUT2D eigenvalue weighted by molar-refractivity contribution is 7.18. The van der Waals surface area contributed by atoms with Crippen molar-refractivity contribution in [1.82, 2.24) is 15.2 Å². The summed E-state index contributed by atoms with van der Waals surface area (Å²) >= 11 is 1.60. The number of nitrogens with zero attached hydrogens (tertiary/aromatic N) is 2. The number of nitrogens with one attached hydrogen (secondary N) is 1. The molecule has 0 aliphatic heterocycles. The number of hydrogen-bond acceptors (Lipinski definition) is 4. The van der Waals surface area contributed by atoms with E-state index in [1.807, 2.05) is 45.0 Å². The number of fused-ring (bicyclic) bond motifs is 1. The molecule has 1 aromatic heterocycles. The van der Waals surface area contributed by atoms with Crippen LogP contribution < -0.4 is 5.32 Å². The summed E-state index contributed by atoms with van der Waals surface area (Å²) in [6, 6.07) is 7.94. The monoisotopic (exact) mass is 333 g/mol. The van der Waals surface area contributed by atoms with E-state index in [1.54, 1.807) is 23.3 Å². The summed E-state index contributed by atoms with van der Waals surface area (Å²) in [6.07, 6.45) is 0.295. The van der Waals surface area contributed by atoms with Gasteiger partial charge >= 0.3 is 0 Å². The summed E-state index contributed by atoms with van der Waals surface area (Å²) in [5, 5.41) is 3.71. The van der Waals surface area contributed by atoms with E-state index in [1.165, 1.54) is 0 Å².